The fraction of sp³-hybridized carbons (Fsp3) is 0.364. The van der Waals surface area contributed by atoms with Crippen LogP contribution in [-0.2, 0) is 9.53 Å². The quantitative estimate of drug-likeness (QED) is 0.241. The van der Waals surface area contributed by atoms with E-state index in [-0.39, 0.29) is 14.4 Å². The van der Waals surface area contributed by atoms with E-state index >= 15 is 0 Å². The highest BCUT2D eigenvalue weighted by molar-refractivity contribution is 14.1. The zero-order valence-corrected chi connectivity index (χ0v) is 12.7. The zero-order valence-electron chi connectivity index (χ0n) is 9.69. The number of hydrogen-bond donors (Lipinski definition) is 0. The average molecular weight is 402 g/mol. The molecule has 1 aromatic rings. The fourth-order valence-electron chi connectivity index (χ4n) is 1.23. The number of esters is 1. The van der Waals surface area contributed by atoms with Crippen molar-refractivity contribution in [2.75, 3.05) is 4.61 Å². The molecule has 0 amide bonds. The Morgan fingerprint density at radius 3 is 2.42 bits per heavy atom. The highest BCUT2D eigenvalue weighted by atomic mass is 127. The van der Waals surface area contributed by atoms with E-state index in [1.54, 1.807) is 0 Å². The third-order valence-electron chi connectivity index (χ3n) is 2.27. The van der Waals surface area contributed by atoms with Crippen molar-refractivity contribution in [3.8, 4) is 0 Å². The predicted molar refractivity (Wildman–Crippen MR) is 73.1 cm³/mol. The molecule has 0 fully saturated rings. The minimum atomic E-state index is -3.18. The van der Waals surface area contributed by atoms with Crippen molar-refractivity contribution in [1.82, 2.24) is 0 Å². The summed E-state index contributed by atoms with van der Waals surface area (Å²) in [7, 11) is 0. The Kier molecular flexibility index (Phi) is 5.98. The first-order chi connectivity index (χ1) is 8.88. The molecule has 0 aromatic carbocycles. The number of Topliss-reactive ketones (excluding diaryl/α,β-unsaturated/α-hetero) is 2. The number of carbonyl (C=O) groups is 3. The van der Waals surface area contributed by atoms with Gasteiger partial charge in [0.15, 0.2) is 5.78 Å². The molecule has 0 saturated carbocycles. The Morgan fingerprint density at radius 2 is 1.89 bits per heavy atom. The second-order valence-electron chi connectivity index (χ2n) is 3.49. The van der Waals surface area contributed by atoms with Crippen molar-refractivity contribution in [2.45, 2.75) is 13.3 Å². The van der Waals surface area contributed by atoms with Crippen LogP contribution >= 0.6 is 33.9 Å². The standard InChI is InChI=1S/C11H9F2IO4S/c1-5(9(16)10(12)13)8(15)6-2-3-7(19-6)11(17)18-4-14/h2-3,5,10H,4H2,1H3. The smallest absolute Gasteiger partial charge is 0.349 e. The molecule has 0 aliphatic heterocycles. The van der Waals surface area contributed by atoms with Gasteiger partial charge in [0.05, 0.1) is 10.8 Å². The van der Waals surface area contributed by atoms with E-state index < -0.39 is 29.9 Å². The lowest BCUT2D eigenvalue weighted by Gasteiger charge is -2.06. The lowest BCUT2D eigenvalue weighted by Crippen LogP contribution is -2.26. The lowest BCUT2D eigenvalue weighted by atomic mass is 10.0. The number of carbonyl (C=O) groups excluding carboxylic acids is 3. The summed E-state index contributed by atoms with van der Waals surface area (Å²) in [5, 5.41) is 0. The molecule has 0 radical (unpaired) electrons. The summed E-state index contributed by atoms with van der Waals surface area (Å²) in [6.07, 6.45) is -3.18. The van der Waals surface area contributed by atoms with Crippen LogP contribution in [0.1, 0.15) is 26.3 Å². The molecular formula is C11H9F2IO4S. The van der Waals surface area contributed by atoms with Crippen molar-refractivity contribution in [3.63, 3.8) is 0 Å². The molecule has 4 nitrogen and oxygen atoms in total. The van der Waals surface area contributed by atoms with Gasteiger partial charge in [-0.25, -0.2) is 13.6 Å². The van der Waals surface area contributed by atoms with Crippen molar-refractivity contribution < 1.29 is 27.9 Å². The van der Waals surface area contributed by atoms with Gasteiger partial charge in [-0.1, -0.05) is 0 Å². The third kappa shape index (κ3) is 4.03. The lowest BCUT2D eigenvalue weighted by molar-refractivity contribution is -0.131. The Hall–Kier alpha value is -0.900. The second-order valence-corrected chi connectivity index (χ2v) is 5.20. The number of halogens is 3. The van der Waals surface area contributed by atoms with E-state index in [0.717, 1.165) is 18.3 Å². The van der Waals surface area contributed by atoms with Crippen molar-refractivity contribution in [2.24, 2.45) is 5.92 Å². The summed E-state index contributed by atoms with van der Waals surface area (Å²) >= 11 is 2.66. The minimum Gasteiger partial charge on any atom is -0.451 e. The molecule has 104 valence electrons. The van der Waals surface area contributed by atoms with Crippen LogP contribution in [0.15, 0.2) is 12.1 Å². The van der Waals surface area contributed by atoms with Gasteiger partial charge in [-0.2, -0.15) is 0 Å². The van der Waals surface area contributed by atoms with E-state index in [1.807, 2.05) is 22.6 Å². The van der Waals surface area contributed by atoms with E-state index in [2.05, 4.69) is 0 Å². The van der Waals surface area contributed by atoms with Crippen molar-refractivity contribution in [3.05, 3.63) is 21.9 Å². The number of rotatable bonds is 6. The molecular weight excluding hydrogens is 393 g/mol. The summed E-state index contributed by atoms with van der Waals surface area (Å²) < 4.78 is 29.3. The van der Waals surface area contributed by atoms with Crippen LogP contribution in [0.4, 0.5) is 8.78 Å². The zero-order chi connectivity index (χ0) is 14.6. The maximum atomic E-state index is 12.2. The highest BCUT2D eigenvalue weighted by Gasteiger charge is 2.30. The van der Waals surface area contributed by atoms with E-state index in [1.165, 1.54) is 12.1 Å². The molecule has 0 bridgehead atoms. The largest absolute Gasteiger partial charge is 0.451 e. The van der Waals surface area contributed by atoms with E-state index in [0.29, 0.717) is 0 Å². The summed E-state index contributed by atoms with van der Waals surface area (Å²) in [5.41, 5.74) is 0. The first kappa shape index (κ1) is 16.2. The topological polar surface area (TPSA) is 60.4 Å². The van der Waals surface area contributed by atoms with Gasteiger partial charge in [0.1, 0.15) is 9.49 Å². The van der Waals surface area contributed by atoms with Crippen LogP contribution in [-0.4, -0.2) is 28.6 Å². The van der Waals surface area contributed by atoms with Gasteiger partial charge in [0, 0.05) is 0 Å². The summed E-state index contributed by atoms with van der Waals surface area (Å²) in [6.45, 7) is 1.12. The number of ketones is 2. The molecule has 0 N–H and O–H groups in total. The van der Waals surface area contributed by atoms with Gasteiger partial charge in [-0.15, -0.1) is 11.3 Å². The number of alkyl halides is 3. The van der Waals surface area contributed by atoms with Crippen LogP contribution < -0.4 is 0 Å². The van der Waals surface area contributed by atoms with Gasteiger partial charge >= 0.3 is 5.97 Å². The number of ether oxygens (including phenoxy) is 1. The van der Waals surface area contributed by atoms with Crippen LogP contribution in [0.2, 0.25) is 0 Å². The molecule has 0 spiro atoms. The van der Waals surface area contributed by atoms with E-state index in [9.17, 15) is 23.2 Å². The van der Waals surface area contributed by atoms with Crippen LogP contribution in [0.3, 0.4) is 0 Å². The molecule has 0 saturated heterocycles. The number of thiophene rings is 1. The maximum absolute atomic E-state index is 12.2. The third-order valence-corrected chi connectivity index (χ3v) is 3.66. The minimum absolute atomic E-state index is 0.0851. The van der Waals surface area contributed by atoms with Crippen molar-refractivity contribution >= 4 is 51.5 Å². The molecule has 19 heavy (non-hydrogen) atoms. The SMILES string of the molecule is CC(C(=O)c1ccc(C(=O)OCI)s1)C(=O)C(F)F. The second kappa shape index (κ2) is 7.04. The molecule has 1 rings (SSSR count). The van der Waals surface area contributed by atoms with Gasteiger partial charge in [-0.05, 0) is 41.6 Å². The van der Waals surface area contributed by atoms with Crippen LogP contribution in [0, 0.1) is 5.92 Å². The molecule has 1 heterocycles. The van der Waals surface area contributed by atoms with Gasteiger partial charge in [-0.3, -0.25) is 9.59 Å². The summed E-state index contributed by atoms with van der Waals surface area (Å²) in [5.74, 6) is -4.16. The first-order valence-corrected chi connectivity index (χ1v) is 7.41. The molecule has 1 atom stereocenters. The molecule has 1 unspecified atom stereocenters. The Labute approximate surface area is 125 Å². The Balaban J connectivity index is 2.84. The Bertz CT molecular complexity index is 501. The molecule has 0 aliphatic carbocycles. The maximum Gasteiger partial charge on any atom is 0.349 e. The summed E-state index contributed by atoms with van der Waals surface area (Å²) in [4.78, 5) is 34.5. The fourth-order valence-corrected chi connectivity index (χ4v) is 2.44. The highest BCUT2D eigenvalue weighted by Crippen LogP contribution is 2.22. The van der Waals surface area contributed by atoms with Crippen molar-refractivity contribution in [1.29, 1.82) is 0 Å². The molecule has 0 aliphatic rings. The first-order valence-electron chi connectivity index (χ1n) is 5.07. The average Bonchev–Trinajstić information content (AvgIpc) is 2.85. The van der Waals surface area contributed by atoms with Crippen LogP contribution in [0.5, 0.6) is 0 Å². The summed E-state index contributed by atoms with van der Waals surface area (Å²) in [6, 6.07) is 2.69. The van der Waals surface area contributed by atoms with Gasteiger partial charge in [0.2, 0.25) is 5.78 Å². The normalized spacial score (nSPS) is 12.3. The number of hydrogen-bond acceptors (Lipinski definition) is 5. The van der Waals surface area contributed by atoms with Gasteiger partial charge in [0.25, 0.3) is 6.43 Å². The Morgan fingerprint density at radius 1 is 1.32 bits per heavy atom. The predicted octanol–water partition coefficient (Wildman–Crippen LogP) is 2.95. The molecule has 1 aromatic heterocycles. The van der Waals surface area contributed by atoms with E-state index in [4.69, 9.17) is 4.74 Å². The van der Waals surface area contributed by atoms with Gasteiger partial charge < -0.3 is 4.74 Å². The van der Waals surface area contributed by atoms with Crippen LogP contribution in [0.25, 0.3) is 0 Å². The monoisotopic (exact) mass is 402 g/mol. The molecule has 8 heteroatoms.